The number of hydrogen-bond donors (Lipinski definition) is 0. The minimum atomic E-state index is -0.437. The van der Waals surface area contributed by atoms with Gasteiger partial charge in [0.1, 0.15) is 11.6 Å². The molecule has 3 atom stereocenters. The Morgan fingerprint density at radius 3 is 2.38 bits per heavy atom. The number of carbonyl (C=O) groups excluding carboxylic acids is 1. The first-order valence-corrected chi connectivity index (χ1v) is 7.45. The van der Waals surface area contributed by atoms with Gasteiger partial charge in [0.2, 0.25) is 0 Å². The van der Waals surface area contributed by atoms with Crippen molar-refractivity contribution in [2.75, 3.05) is 0 Å². The molecule has 2 rings (SSSR count). The molecule has 0 bridgehead atoms. The van der Waals surface area contributed by atoms with Gasteiger partial charge in [0, 0.05) is 6.54 Å². The number of esters is 1. The summed E-state index contributed by atoms with van der Waals surface area (Å²) < 4.78 is 5.53. The van der Waals surface area contributed by atoms with Gasteiger partial charge in [0.25, 0.3) is 0 Å². The zero-order valence-corrected chi connectivity index (χ0v) is 13.6. The van der Waals surface area contributed by atoms with E-state index in [4.69, 9.17) is 4.74 Å². The molecule has 0 amide bonds. The summed E-state index contributed by atoms with van der Waals surface area (Å²) in [5, 5.41) is 0. The molecule has 0 saturated carbocycles. The van der Waals surface area contributed by atoms with Gasteiger partial charge in [-0.1, -0.05) is 42.0 Å². The summed E-state index contributed by atoms with van der Waals surface area (Å²) in [4.78, 5) is 14.5. The normalized spacial score (nSPS) is 24.3. The van der Waals surface area contributed by atoms with Crippen molar-refractivity contribution in [2.45, 2.75) is 58.8 Å². The second-order valence-electron chi connectivity index (χ2n) is 6.87. The number of hydrogen-bond acceptors (Lipinski definition) is 3. The Morgan fingerprint density at radius 1 is 1.24 bits per heavy atom. The largest absolute Gasteiger partial charge is 0.459 e. The summed E-state index contributed by atoms with van der Waals surface area (Å²) in [6.07, 6.45) is 2.15. The number of allylic oxidation sites excluding steroid dienone is 1. The Kier molecular flexibility index (Phi) is 4.52. The smallest absolute Gasteiger partial charge is 0.325 e. The molecule has 0 spiro atoms. The maximum absolute atomic E-state index is 12.3. The lowest BCUT2D eigenvalue weighted by Gasteiger charge is -2.19. The highest BCUT2D eigenvalue weighted by Gasteiger charge is 2.52. The first kappa shape index (κ1) is 15.8. The van der Waals surface area contributed by atoms with E-state index in [1.807, 2.05) is 39.0 Å². The number of benzene rings is 1. The zero-order valence-electron chi connectivity index (χ0n) is 13.6. The maximum Gasteiger partial charge on any atom is 0.325 e. The van der Waals surface area contributed by atoms with Crippen molar-refractivity contribution < 1.29 is 9.53 Å². The Hall–Kier alpha value is -1.61. The van der Waals surface area contributed by atoms with Crippen molar-refractivity contribution >= 4 is 5.97 Å². The fraction of sp³-hybridized carbons (Fsp3) is 0.500. The first-order valence-electron chi connectivity index (χ1n) is 7.45. The molecule has 1 aliphatic heterocycles. The topological polar surface area (TPSA) is 29.3 Å². The molecule has 0 aliphatic carbocycles. The van der Waals surface area contributed by atoms with E-state index in [1.165, 1.54) is 11.1 Å². The lowest BCUT2D eigenvalue weighted by atomic mass is 10.2. The van der Waals surface area contributed by atoms with Crippen LogP contribution in [-0.4, -0.2) is 28.6 Å². The Balaban J connectivity index is 2.08. The molecule has 1 saturated heterocycles. The number of nitrogens with zero attached hydrogens (tertiary/aromatic N) is 1. The number of carbonyl (C=O) groups is 1. The molecule has 1 aromatic carbocycles. The van der Waals surface area contributed by atoms with E-state index >= 15 is 0 Å². The fourth-order valence-electron chi connectivity index (χ4n) is 2.46. The van der Waals surface area contributed by atoms with E-state index in [0.717, 1.165) is 6.54 Å². The minimum absolute atomic E-state index is 0.124. The van der Waals surface area contributed by atoms with Crippen LogP contribution in [0.4, 0.5) is 0 Å². The molecule has 114 valence electrons. The van der Waals surface area contributed by atoms with Gasteiger partial charge in [-0.3, -0.25) is 9.69 Å². The maximum atomic E-state index is 12.3. The lowest BCUT2D eigenvalue weighted by molar-refractivity contribution is -0.155. The molecule has 0 radical (unpaired) electrons. The molecular weight excluding hydrogens is 262 g/mol. The van der Waals surface area contributed by atoms with Crippen LogP contribution in [0.15, 0.2) is 42.0 Å². The van der Waals surface area contributed by atoms with Crippen LogP contribution >= 0.6 is 0 Å². The molecule has 1 fully saturated rings. The molecule has 3 nitrogen and oxygen atoms in total. The van der Waals surface area contributed by atoms with Gasteiger partial charge in [-0.15, -0.1) is 0 Å². The van der Waals surface area contributed by atoms with Crippen molar-refractivity contribution in [2.24, 2.45) is 0 Å². The van der Waals surface area contributed by atoms with Crippen LogP contribution in [0.3, 0.4) is 0 Å². The van der Waals surface area contributed by atoms with Crippen LogP contribution in [-0.2, 0) is 16.1 Å². The minimum Gasteiger partial charge on any atom is -0.459 e. The van der Waals surface area contributed by atoms with Crippen LogP contribution in [0.1, 0.15) is 40.2 Å². The second kappa shape index (κ2) is 6.02. The van der Waals surface area contributed by atoms with E-state index in [9.17, 15) is 4.79 Å². The van der Waals surface area contributed by atoms with Gasteiger partial charge in [0.15, 0.2) is 0 Å². The number of rotatable bonds is 4. The lowest BCUT2D eigenvalue weighted by Crippen LogP contribution is -2.28. The molecule has 1 aromatic rings. The monoisotopic (exact) mass is 287 g/mol. The Labute approximate surface area is 127 Å². The molecule has 1 unspecified atom stereocenters. The molecular formula is C18H25NO2. The summed E-state index contributed by atoms with van der Waals surface area (Å²) >= 11 is 0. The van der Waals surface area contributed by atoms with Crippen LogP contribution < -0.4 is 0 Å². The molecule has 21 heavy (non-hydrogen) atoms. The third kappa shape index (κ3) is 4.43. The standard InChI is InChI=1S/C18H25NO2/c1-13(2)11-15-16(17(20)21-18(3,4)5)19(15)12-14-9-7-6-8-10-14/h6-11,15-16H,12H2,1-5H3/t15-,16-,19?/m1/s1. The molecule has 3 heteroatoms. The SMILES string of the molecule is CC(C)=C[C@@H]1[C@H](C(=O)OC(C)(C)C)N1Cc1ccccc1. The van der Waals surface area contributed by atoms with Gasteiger partial charge in [-0.25, -0.2) is 0 Å². The summed E-state index contributed by atoms with van der Waals surface area (Å²) in [7, 11) is 0. The number of ether oxygens (including phenoxy) is 1. The third-order valence-electron chi connectivity index (χ3n) is 3.33. The van der Waals surface area contributed by atoms with Crippen LogP contribution in [0.25, 0.3) is 0 Å². The highest BCUT2D eigenvalue weighted by Crippen LogP contribution is 2.34. The predicted molar refractivity (Wildman–Crippen MR) is 84.8 cm³/mol. The van der Waals surface area contributed by atoms with E-state index < -0.39 is 5.60 Å². The molecule has 0 aromatic heterocycles. The van der Waals surface area contributed by atoms with Crippen LogP contribution in [0, 0.1) is 0 Å². The van der Waals surface area contributed by atoms with Crippen molar-refractivity contribution in [1.82, 2.24) is 4.90 Å². The highest BCUT2D eigenvalue weighted by atomic mass is 16.6. The van der Waals surface area contributed by atoms with Crippen molar-refractivity contribution in [1.29, 1.82) is 0 Å². The van der Waals surface area contributed by atoms with E-state index in [2.05, 4.69) is 37.0 Å². The zero-order chi connectivity index (χ0) is 15.6. The Bertz CT molecular complexity index is 524. The van der Waals surface area contributed by atoms with E-state index in [1.54, 1.807) is 0 Å². The van der Waals surface area contributed by atoms with Crippen molar-refractivity contribution in [3.05, 3.63) is 47.5 Å². The van der Waals surface area contributed by atoms with Gasteiger partial charge >= 0.3 is 5.97 Å². The molecule has 1 heterocycles. The van der Waals surface area contributed by atoms with Crippen LogP contribution in [0.5, 0.6) is 0 Å². The van der Waals surface area contributed by atoms with E-state index in [-0.39, 0.29) is 18.1 Å². The van der Waals surface area contributed by atoms with E-state index in [0.29, 0.717) is 0 Å². The van der Waals surface area contributed by atoms with Crippen molar-refractivity contribution in [3.63, 3.8) is 0 Å². The van der Waals surface area contributed by atoms with Gasteiger partial charge in [-0.2, -0.15) is 0 Å². The Morgan fingerprint density at radius 2 is 1.86 bits per heavy atom. The summed E-state index contributed by atoms with van der Waals surface area (Å²) in [6.45, 7) is 10.6. The summed E-state index contributed by atoms with van der Waals surface area (Å²) in [5.41, 5.74) is 2.01. The van der Waals surface area contributed by atoms with Gasteiger partial charge < -0.3 is 4.74 Å². The van der Waals surface area contributed by atoms with Crippen LogP contribution in [0.2, 0.25) is 0 Å². The average Bonchev–Trinajstić information content (AvgIpc) is 3.00. The summed E-state index contributed by atoms with van der Waals surface area (Å²) in [6, 6.07) is 10.2. The van der Waals surface area contributed by atoms with Gasteiger partial charge in [-0.05, 0) is 40.2 Å². The summed E-state index contributed by atoms with van der Waals surface area (Å²) in [5.74, 6) is -0.124. The average molecular weight is 287 g/mol. The quantitative estimate of drug-likeness (QED) is 0.482. The third-order valence-corrected chi connectivity index (χ3v) is 3.33. The van der Waals surface area contributed by atoms with Crippen molar-refractivity contribution in [3.8, 4) is 0 Å². The molecule has 0 N–H and O–H groups in total. The highest BCUT2D eigenvalue weighted by molar-refractivity contribution is 5.81. The first-order chi connectivity index (χ1) is 9.78. The van der Waals surface area contributed by atoms with Gasteiger partial charge in [0.05, 0.1) is 6.04 Å². The second-order valence-corrected chi connectivity index (χ2v) is 6.87. The molecule has 1 aliphatic rings. The fourth-order valence-corrected chi connectivity index (χ4v) is 2.46. The predicted octanol–water partition coefficient (Wildman–Crippen LogP) is 3.55.